The Bertz CT molecular complexity index is 288. The molecule has 0 amide bonds. The van der Waals surface area contributed by atoms with Crippen molar-refractivity contribution in [2.24, 2.45) is 0 Å². The van der Waals surface area contributed by atoms with Crippen molar-refractivity contribution < 1.29 is 19.4 Å². The third kappa shape index (κ3) is 2.02. The Morgan fingerprint density at radius 3 is 2.57 bits per heavy atom. The van der Waals surface area contributed by atoms with Crippen molar-refractivity contribution in [3.05, 3.63) is 23.0 Å². The number of Topliss-reactive ketones (excluding diaryl/α,β-unsaturated/α-hetero) is 1. The van der Waals surface area contributed by atoms with Gasteiger partial charge in [-0.2, -0.15) is 0 Å². The van der Waals surface area contributed by atoms with E-state index in [2.05, 4.69) is 0 Å². The molecular weight excluding hydrogens is 184 g/mol. The molecule has 0 aromatic heterocycles. The van der Waals surface area contributed by atoms with E-state index < -0.39 is 0 Å². The Morgan fingerprint density at radius 1 is 1.36 bits per heavy atom. The zero-order valence-electron chi connectivity index (χ0n) is 8.37. The van der Waals surface area contributed by atoms with E-state index in [1.807, 2.05) is 0 Å². The van der Waals surface area contributed by atoms with Crippen molar-refractivity contribution in [3.8, 4) is 0 Å². The normalized spacial score (nSPS) is 19.0. The number of hydrogen-bond acceptors (Lipinski definition) is 4. The van der Waals surface area contributed by atoms with Crippen LogP contribution in [0.4, 0.5) is 0 Å². The molecule has 1 aliphatic rings. The van der Waals surface area contributed by atoms with Gasteiger partial charge in [-0.05, 0) is 6.08 Å². The standard InChI is InChI=1S/C10H14O4/c1-13-5-3-7-9(11)8(10(7)12)4-6-14-2/h3,11H,4-6H2,1-2H3. The highest BCUT2D eigenvalue weighted by molar-refractivity contribution is 6.18. The maximum absolute atomic E-state index is 11.4. The number of aliphatic hydroxyl groups excluding tert-OH is 1. The van der Waals surface area contributed by atoms with Crippen LogP contribution < -0.4 is 0 Å². The molecule has 78 valence electrons. The second kappa shape index (κ2) is 4.93. The first-order chi connectivity index (χ1) is 6.72. The summed E-state index contributed by atoms with van der Waals surface area (Å²) in [6, 6.07) is 0. The molecular formula is C10H14O4. The quantitative estimate of drug-likeness (QED) is 0.669. The molecule has 0 aromatic rings. The van der Waals surface area contributed by atoms with Crippen LogP contribution in [-0.4, -0.2) is 38.3 Å². The number of allylic oxidation sites excluding steroid dienone is 1. The molecule has 0 fully saturated rings. The number of ketones is 1. The lowest BCUT2D eigenvalue weighted by Crippen LogP contribution is -2.23. The van der Waals surface area contributed by atoms with Gasteiger partial charge in [0.25, 0.3) is 0 Å². The largest absolute Gasteiger partial charge is 0.507 e. The number of ether oxygens (including phenoxy) is 2. The number of methoxy groups -OCH3 is 2. The molecule has 14 heavy (non-hydrogen) atoms. The molecule has 0 bridgehead atoms. The zero-order valence-corrected chi connectivity index (χ0v) is 8.37. The van der Waals surface area contributed by atoms with Crippen molar-refractivity contribution in [3.63, 3.8) is 0 Å². The zero-order chi connectivity index (χ0) is 10.6. The third-order valence-electron chi connectivity index (χ3n) is 2.07. The van der Waals surface area contributed by atoms with E-state index in [1.54, 1.807) is 13.2 Å². The minimum Gasteiger partial charge on any atom is -0.507 e. The van der Waals surface area contributed by atoms with Crippen molar-refractivity contribution in [1.82, 2.24) is 0 Å². The molecule has 0 radical (unpaired) electrons. The number of hydrogen-bond donors (Lipinski definition) is 1. The van der Waals surface area contributed by atoms with Gasteiger partial charge in [-0.25, -0.2) is 0 Å². The minimum atomic E-state index is -0.100. The Kier molecular flexibility index (Phi) is 3.85. The Morgan fingerprint density at radius 2 is 2.07 bits per heavy atom. The summed E-state index contributed by atoms with van der Waals surface area (Å²) in [5, 5.41) is 9.47. The fraction of sp³-hybridized carbons (Fsp3) is 0.500. The third-order valence-corrected chi connectivity index (χ3v) is 2.07. The number of carbonyl (C=O) groups is 1. The van der Waals surface area contributed by atoms with Crippen LogP contribution in [0.2, 0.25) is 0 Å². The predicted molar refractivity (Wildman–Crippen MR) is 51.1 cm³/mol. The van der Waals surface area contributed by atoms with Crippen molar-refractivity contribution in [2.45, 2.75) is 6.42 Å². The van der Waals surface area contributed by atoms with Gasteiger partial charge < -0.3 is 14.6 Å². The predicted octanol–water partition coefficient (Wildman–Crippen LogP) is 0.991. The summed E-state index contributed by atoms with van der Waals surface area (Å²) in [6.07, 6.45) is 2.04. The van der Waals surface area contributed by atoms with E-state index in [1.165, 1.54) is 7.11 Å². The van der Waals surface area contributed by atoms with Gasteiger partial charge in [-0.15, -0.1) is 0 Å². The average Bonchev–Trinajstić information content (AvgIpc) is 2.19. The summed E-state index contributed by atoms with van der Waals surface area (Å²) in [7, 11) is 3.09. The maximum atomic E-state index is 11.4. The Labute approximate surface area is 82.8 Å². The number of carbonyl (C=O) groups excluding carboxylic acids is 1. The maximum Gasteiger partial charge on any atom is 0.196 e. The highest BCUT2D eigenvalue weighted by atomic mass is 16.5. The molecule has 0 spiro atoms. The SMILES string of the molecule is COCC=C1C(=O)C(CCOC)=C1O. The molecule has 0 unspecified atom stereocenters. The molecule has 0 saturated heterocycles. The molecule has 1 rings (SSSR count). The summed E-state index contributed by atoms with van der Waals surface area (Å²) in [4.78, 5) is 11.4. The van der Waals surface area contributed by atoms with Crippen LogP contribution in [0.25, 0.3) is 0 Å². The number of rotatable bonds is 5. The molecule has 1 aliphatic carbocycles. The van der Waals surface area contributed by atoms with E-state index in [9.17, 15) is 9.90 Å². The van der Waals surface area contributed by atoms with Crippen molar-refractivity contribution in [2.75, 3.05) is 27.4 Å². The first-order valence-electron chi connectivity index (χ1n) is 4.37. The van der Waals surface area contributed by atoms with E-state index in [0.29, 0.717) is 30.8 Å². The number of aliphatic hydroxyl groups is 1. The smallest absolute Gasteiger partial charge is 0.196 e. The average molecular weight is 198 g/mol. The molecule has 1 N–H and O–H groups in total. The summed E-state index contributed by atoms with van der Waals surface area (Å²) < 4.78 is 9.59. The van der Waals surface area contributed by atoms with Gasteiger partial charge >= 0.3 is 0 Å². The lowest BCUT2D eigenvalue weighted by Gasteiger charge is -2.20. The summed E-state index contributed by atoms with van der Waals surface area (Å²) in [5.74, 6) is -0.0132. The van der Waals surface area contributed by atoms with Crippen LogP contribution in [0.3, 0.4) is 0 Å². The fourth-order valence-electron chi connectivity index (χ4n) is 1.27. The molecule has 0 atom stereocenters. The Hall–Kier alpha value is -1.13. The van der Waals surface area contributed by atoms with Crippen molar-refractivity contribution >= 4 is 5.78 Å². The molecule has 0 aliphatic heterocycles. The van der Waals surface area contributed by atoms with Gasteiger partial charge in [0.05, 0.1) is 18.8 Å². The lowest BCUT2D eigenvalue weighted by molar-refractivity contribution is -0.114. The van der Waals surface area contributed by atoms with Crippen LogP contribution in [0.1, 0.15) is 6.42 Å². The molecule has 0 saturated carbocycles. The molecule has 4 heteroatoms. The lowest BCUT2D eigenvalue weighted by atomic mass is 9.86. The van der Waals surface area contributed by atoms with E-state index in [-0.39, 0.29) is 11.5 Å². The summed E-state index contributed by atoms with van der Waals surface area (Å²) in [5.41, 5.74) is 0.812. The molecule has 4 nitrogen and oxygen atoms in total. The van der Waals surface area contributed by atoms with E-state index in [0.717, 1.165) is 0 Å². The topological polar surface area (TPSA) is 55.8 Å². The molecule has 0 aromatic carbocycles. The first-order valence-corrected chi connectivity index (χ1v) is 4.37. The summed E-state index contributed by atoms with van der Waals surface area (Å²) >= 11 is 0. The van der Waals surface area contributed by atoms with Crippen LogP contribution in [-0.2, 0) is 14.3 Å². The highest BCUT2D eigenvalue weighted by Crippen LogP contribution is 2.30. The van der Waals surface area contributed by atoms with Crippen LogP contribution in [0, 0.1) is 0 Å². The fourth-order valence-corrected chi connectivity index (χ4v) is 1.27. The second-order valence-electron chi connectivity index (χ2n) is 2.97. The van der Waals surface area contributed by atoms with Gasteiger partial charge in [0.15, 0.2) is 5.78 Å². The monoisotopic (exact) mass is 198 g/mol. The second-order valence-corrected chi connectivity index (χ2v) is 2.97. The van der Waals surface area contributed by atoms with Crippen LogP contribution >= 0.6 is 0 Å². The van der Waals surface area contributed by atoms with Gasteiger partial charge in [0.1, 0.15) is 5.76 Å². The van der Waals surface area contributed by atoms with Gasteiger partial charge in [0.2, 0.25) is 0 Å². The van der Waals surface area contributed by atoms with Crippen molar-refractivity contribution in [1.29, 1.82) is 0 Å². The van der Waals surface area contributed by atoms with Gasteiger partial charge in [-0.3, -0.25) is 4.79 Å². The van der Waals surface area contributed by atoms with Gasteiger partial charge in [-0.1, -0.05) is 0 Å². The highest BCUT2D eigenvalue weighted by Gasteiger charge is 2.32. The summed E-state index contributed by atoms with van der Waals surface area (Å²) in [6.45, 7) is 0.783. The van der Waals surface area contributed by atoms with E-state index >= 15 is 0 Å². The Balaban J connectivity index is 2.62. The first kappa shape index (κ1) is 10.9. The van der Waals surface area contributed by atoms with E-state index in [4.69, 9.17) is 9.47 Å². The van der Waals surface area contributed by atoms with Gasteiger partial charge in [0, 0.05) is 26.2 Å². The van der Waals surface area contributed by atoms with Crippen LogP contribution in [0.15, 0.2) is 23.0 Å². The van der Waals surface area contributed by atoms with Crippen LogP contribution in [0.5, 0.6) is 0 Å². The molecule has 0 heterocycles. The minimum absolute atomic E-state index is 0.0871.